The van der Waals surface area contributed by atoms with E-state index in [4.69, 9.17) is 4.98 Å². The van der Waals surface area contributed by atoms with E-state index in [1.54, 1.807) is 4.57 Å². The van der Waals surface area contributed by atoms with Crippen LogP contribution in [0.5, 0.6) is 0 Å². The number of thioether (sulfide) groups is 1. The number of amides is 1. The Bertz CT molecular complexity index is 1310. The normalized spacial score (nSPS) is 11.2. The molecule has 1 N–H and O–H groups in total. The third kappa shape index (κ3) is 4.43. The Balaban J connectivity index is 1.65. The predicted octanol–water partition coefficient (Wildman–Crippen LogP) is 5.61. The van der Waals surface area contributed by atoms with Gasteiger partial charge in [-0.1, -0.05) is 62.0 Å². The lowest BCUT2D eigenvalue weighted by atomic mass is 10.0. The fourth-order valence-corrected chi connectivity index (χ4v) is 5.01. The molecule has 4 rings (SSSR count). The lowest BCUT2D eigenvalue weighted by molar-refractivity contribution is -0.113. The zero-order chi connectivity index (χ0) is 22.0. The van der Waals surface area contributed by atoms with Gasteiger partial charge in [-0.25, -0.2) is 4.98 Å². The van der Waals surface area contributed by atoms with Crippen LogP contribution in [0.3, 0.4) is 0 Å². The number of aromatic nitrogens is 2. The summed E-state index contributed by atoms with van der Waals surface area (Å²) in [5.74, 6) is 0.326. The first-order chi connectivity index (χ1) is 15.0. The predicted molar refractivity (Wildman–Crippen MR) is 130 cm³/mol. The molecule has 0 aliphatic heterocycles. The molecule has 4 aromatic rings. The minimum Gasteiger partial charge on any atom is -0.325 e. The molecule has 0 radical (unpaired) electrons. The number of hydrogen-bond acceptors (Lipinski definition) is 5. The number of nitrogens with one attached hydrogen (secondary N) is 1. The minimum atomic E-state index is -0.130. The number of para-hydroxylation sites is 2. The number of carbonyl (C=O) groups excluding carboxylic acids is 1. The number of anilines is 1. The second kappa shape index (κ2) is 9.08. The number of benzene rings is 2. The summed E-state index contributed by atoms with van der Waals surface area (Å²) in [6, 6.07) is 17.4. The Labute approximate surface area is 189 Å². The minimum absolute atomic E-state index is 0.109. The van der Waals surface area contributed by atoms with Crippen LogP contribution in [0.15, 0.2) is 69.9 Å². The largest absolute Gasteiger partial charge is 0.325 e. The average molecular weight is 450 g/mol. The Morgan fingerprint density at radius 3 is 2.65 bits per heavy atom. The molecule has 1 amide bonds. The number of hydrogen-bond donors (Lipinski definition) is 1. The van der Waals surface area contributed by atoms with E-state index in [0.717, 1.165) is 22.5 Å². The van der Waals surface area contributed by atoms with Gasteiger partial charge in [0.25, 0.3) is 5.56 Å². The Kier molecular flexibility index (Phi) is 6.25. The van der Waals surface area contributed by atoms with Crippen LogP contribution >= 0.6 is 23.1 Å². The zero-order valence-corrected chi connectivity index (χ0v) is 19.2. The molecule has 0 saturated carbocycles. The van der Waals surface area contributed by atoms with Crippen LogP contribution in [0, 0.1) is 6.92 Å². The van der Waals surface area contributed by atoms with E-state index in [9.17, 15) is 9.59 Å². The van der Waals surface area contributed by atoms with Crippen molar-refractivity contribution in [2.45, 2.75) is 31.8 Å². The molecule has 0 aliphatic rings. The molecule has 0 unspecified atom stereocenters. The summed E-state index contributed by atoms with van der Waals surface area (Å²) < 4.78 is 2.23. The zero-order valence-electron chi connectivity index (χ0n) is 17.6. The number of fused-ring (bicyclic) bond motifs is 1. The summed E-state index contributed by atoms with van der Waals surface area (Å²) in [4.78, 5) is 30.7. The van der Waals surface area contributed by atoms with Gasteiger partial charge >= 0.3 is 0 Å². The molecule has 2 aromatic heterocycles. The third-order valence-electron chi connectivity index (χ3n) is 4.99. The van der Waals surface area contributed by atoms with E-state index in [-0.39, 0.29) is 17.2 Å². The second-order valence-electron chi connectivity index (χ2n) is 7.54. The van der Waals surface area contributed by atoms with Crippen molar-refractivity contribution in [2.75, 3.05) is 11.1 Å². The van der Waals surface area contributed by atoms with Gasteiger partial charge in [-0.3, -0.25) is 14.2 Å². The molecule has 2 heterocycles. The van der Waals surface area contributed by atoms with Gasteiger partial charge in [0.1, 0.15) is 4.70 Å². The van der Waals surface area contributed by atoms with Crippen LogP contribution in [0.1, 0.15) is 30.9 Å². The number of carbonyl (C=O) groups is 1. The fraction of sp³-hybridized carbons (Fsp3) is 0.208. The van der Waals surface area contributed by atoms with Crippen LogP contribution in [0.2, 0.25) is 0 Å². The second-order valence-corrected chi connectivity index (χ2v) is 9.39. The van der Waals surface area contributed by atoms with Gasteiger partial charge in [-0.05, 0) is 47.5 Å². The molecule has 0 spiro atoms. The van der Waals surface area contributed by atoms with Gasteiger partial charge in [0.05, 0.1) is 17.0 Å². The van der Waals surface area contributed by atoms with Crippen molar-refractivity contribution in [3.05, 3.63) is 81.5 Å². The van der Waals surface area contributed by atoms with Crippen LogP contribution in [0.25, 0.3) is 15.9 Å². The number of rotatable bonds is 6. The van der Waals surface area contributed by atoms with Gasteiger partial charge in [0.15, 0.2) is 5.16 Å². The van der Waals surface area contributed by atoms with Crippen molar-refractivity contribution < 1.29 is 4.79 Å². The summed E-state index contributed by atoms with van der Waals surface area (Å²) in [6.07, 6.45) is 0. The first-order valence-electron chi connectivity index (χ1n) is 10.0. The smallest absolute Gasteiger partial charge is 0.276 e. The highest BCUT2D eigenvalue weighted by molar-refractivity contribution is 7.99. The van der Waals surface area contributed by atoms with E-state index in [1.807, 2.05) is 66.9 Å². The van der Waals surface area contributed by atoms with Crippen molar-refractivity contribution in [1.29, 1.82) is 0 Å². The van der Waals surface area contributed by atoms with Crippen molar-refractivity contribution in [2.24, 2.45) is 0 Å². The maximum absolute atomic E-state index is 13.2. The summed E-state index contributed by atoms with van der Waals surface area (Å²) in [5.41, 5.74) is 4.22. The van der Waals surface area contributed by atoms with Crippen molar-refractivity contribution >= 4 is 44.9 Å². The van der Waals surface area contributed by atoms with Crippen LogP contribution < -0.4 is 10.9 Å². The van der Waals surface area contributed by atoms with Crippen LogP contribution in [-0.2, 0) is 4.79 Å². The average Bonchev–Trinajstić information content (AvgIpc) is 3.22. The first kappa shape index (κ1) is 21.3. The number of nitrogens with zero attached hydrogens (tertiary/aromatic N) is 2. The monoisotopic (exact) mass is 449 g/mol. The third-order valence-corrected chi connectivity index (χ3v) is 6.82. The molecule has 0 saturated heterocycles. The van der Waals surface area contributed by atoms with E-state index < -0.39 is 0 Å². The van der Waals surface area contributed by atoms with E-state index in [2.05, 4.69) is 19.2 Å². The molecule has 0 aliphatic carbocycles. The summed E-state index contributed by atoms with van der Waals surface area (Å²) >= 11 is 2.65. The van der Waals surface area contributed by atoms with E-state index >= 15 is 0 Å². The lowest BCUT2D eigenvalue weighted by Crippen LogP contribution is -2.23. The fourth-order valence-electron chi connectivity index (χ4n) is 3.45. The maximum Gasteiger partial charge on any atom is 0.276 e. The van der Waals surface area contributed by atoms with E-state index in [1.165, 1.54) is 23.1 Å². The van der Waals surface area contributed by atoms with E-state index in [0.29, 0.717) is 21.3 Å². The molecule has 7 heteroatoms. The number of aryl methyl sites for hydroxylation is 1. The molecule has 158 valence electrons. The lowest BCUT2D eigenvalue weighted by Gasteiger charge is -2.15. The van der Waals surface area contributed by atoms with Crippen molar-refractivity contribution in [1.82, 2.24) is 9.55 Å². The molecule has 31 heavy (non-hydrogen) atoms. The van der Waals surface area contributed by atoms with Crippen LogP contribution in [-0.4, -0.2) is 21.2 Å². The highest BCUT2D eigenvalue weighted by atomic mass is 32.2. The molecule has 0 atom stereocenters. The molecular weight excluding hydrogens is 426 g/mol. The quantitative estimate of drug-likeness (QED) is 0.307. The number of thiophene rings is 1. The highest BCUT2D eigenvalue weighted by Crippen LogP contribution is 2.26. The Morgan fingerprint density at radius 2 is 1.87 bits per heavy atom. The summed E-state index contributed by atoms with van der Waals surface area (Å²) in [5, 5.41) is 5.38. The Morgan fingerprint density at radius 1 is 1.13 bits per heavy atom. The SMILES string of the molecule is Cc1ccccc1-n1c(SCC(=O)Nc2ccccc2C(C)C)nc2ccsc2c1=O. The van der Waals surface area contributed by atoms with Crippen molar-refractivity contribution in [3.8, 4) is 5.69 Å². The Hall–Kier alpha value is -2.90. The highest BCUT2D eigenvalue weighted by Gasteiger charge is 2.17. The molecule has 0 fully saturated rings. The van der Waals surface area contributed by atoms with Gasteiger partial charge < -0.3 is 5.32 Å². The molecule has 2 aromatic carbocycles. The molecular formula is C24H23N3O2S2. The maximum atomic E-state index is 13.2. The first-order valence-corrected chi connectivity index (χ1v) is 11.9. The summed E-state index contributed by atoms with van der Waals surface area (Å²) in [6.45, 7) is 6.16. The van der Waals surface area contributed by atoms with Gasteiger partial charge in [0, 0.05) is 5.69 Å². The van der Waals surface area contributed by atoms with Crippen LogP contribution in [0.4, 0.5) is 5.69 Å². The van der Waals surface area contributed by atoms with Gasteiger partial charge in [-0.2, -0.15) is 0 Å². The van der Waals surface area contributed by atoms with Crippen molar-refractivity contribution in [3.63, 3.8) is 0 Å². The molecule has 5 nitrogen and oxygen atoms in total. The molecule has 0 bridgehead atoms. The summed E-state index contributed by atoms with van der Waals surface area (Å²) in [7, 11) is 0. The van der Waals surface area contributed by atoms with Gasteiger partial charge in [-0.15, -0.1) is 11.3 Å². The topological polar surface area (TPSA) is 64.0 Å². The standard InChI is InChI=1S/C24H23N3O2S2/c1-15(2)17-9-5-6-10-18(17)25-21(28)14-31-24-26-19-12-13-30-22(19)23(29)27(24)20-11-7-4-8-16(20)3/h4-13,15H,14H2,1-3H3,(H,25,28). The van der Waals surface area contributed by atoms with Gasteiger partial charge in [0.2, 0.25) is 5.91 Å².